The minimum atomic E-state index is -4.05. The zero-order valence-corrected chi connectivity index (χ0v) is 21.8. The summed E-state index contributed by atoms with van der Waals surface area (Å²) < 4.78 is 30.5. The molecular weight excluding hydrogens is 438 g/mol. The summed E-state index contributed by atoms with van der Waals surface area (Å²) >= 11 is 0. The number of carbonyl (C=O) groups excluding carboxylic acids is 1. The Labute approximate surface area is 201 Å². The Morgan fingerprint density at radius 3 is 2.48 bits per heavy atom. The maximum atomic E-state index is 12.2. The van der Waals surface area contributed by atoms with E-state index >= 15 is 0 Å². The van der Waals surface area contributed by atoms with Crippen LogP contribution in [0.2, 0.25) is 0 Å². The number of amides is 1. The van der Waals surface area contributed by atoms with E-state index in [9.17, 15) is 18.3 Å². The second kappa shape index (κ2) is 11.4. The van der Waals surface area contributed by atoms with Gasteiger partial charge in [-0.2, -0.15) is 8.42 Å². The highest BCUT2D eigenvalue weighted by molar-refractivity contribution is 7.85. The molecule has 5 unspecified atom stereocenters. The number of hydrogen-bond donors (Lipinski definition) is 3. The van der Waals surface area contributed by atoms with Gasteiger partial charge in [-0.15, -0.1) is 0 Å². The third-order valence-corrected chi connectivity index (χ3v) is 10.5. The normalized spacial score (nSPS) is 38.7. The van der Waals surface area contributed by atoms with Crippen molar-refractivity contribution in [2.75, 3.05) is 12.3 Å². The molecule has 3 saturated carbocycles. The quantitative estimate of drug-likeness (QED) is 0.449. The van der Waals surface area contributed by atoms with E-state index in [0.29, 0.717) is 41.9 Å². The highest BCUT2D eigenvalue weighted by Crippen LogP contribution is 2.63. The molecule has 7 heteroatoms. The van der Waals surface area contributed by atoms with Crippen LogP contribution in [0, 0.1) is 40.9 Å². The van der Waals surface area contributed by atoms with Crippen molar-refractivity contribution in [3.8, 4) is 0 Å². The maximum absolute atomic E-state index is 12.2. The van der Waals surface area contributed by atoms with Crippen LogP contribution in [0.4, 0.5) is 0 Å². The van der Waals surface area contributed by atoms with E-state index in [2.05, 4.69) is 26.1 Å². The Kier molecular flexibility index (Phi) is 9.29. The van der Waals surface area contributed by atoms with Gasteiger partial charge < -0.3 is 10.4 Å². The topological polar surface area (TPSA) is 104 Å². The predicted octanol–water partition coefficient (Wildman–Crippen LogP) is 4.82. The second-order valence-electron chi connectivity index (χ2n) is 11.8. The van der Waals surface area contributed by atoms with Crippen molar-refractivity contribution in [3.63, 3.8) is 0 Å². The van der Waals surface area contributed by atoms with Crippen LogP contribution in [0.3, 0.4) is 0 Å². The molecule has 6 nitrogen and oxygen atoms in total. The van der Waals surface area contributed by atoms with Crippen LogP contribution in [0.25, 0.3) is 0 Å². The van der Waals surface area contributed by atoms with E-state index in [1.54, 1.807) is 0 Å². The SMILES string of the molecule is CC1CCCCCC[C@H](O)C2C1CC[C@@]1(C)C2CCC1[C@H](C)CCC(=O)NCCS(=O)(=O)O. The molecule has 0 aromatic rings. The zero-order chi connectivity index (χ0) is 24.2. The van der Waals surface area contributed by atoms with Crippen molar-refractivity contribution >= 4 is 16.0 Å². The molecule has 33 heavy (non-hydrogen) atoms. The van der Waals surface area contributed by atoms with Gasteiger partial charge in [-0.1, -0.05) is 52.9 Å². The Bertz CT molecular complexity index is 756. The van der Waals surface area contributed by atoms with Gasteiger partial charge in [-0.05, 0) is 79.4 Å². The van der Waals surface area contributed by atoms with Crippen LogP contribution in [0.15, 0.2) is 0 Å². The van der Waals surface area contributed by atoms with Gasteiger partial charge in [0.15, 0.2) is 0 Å². The number of fused-ring (bicyclic) bond motifs is 3. The van der Waals surface area contributed by atoms with Gasteiger partial charge in [0.25, 0.3) is 10.1 Å². The summed E-state index contributed by atoms with van der Waals surface area (Å²) in [7, 11) is -4.05. The minimum Gasteiger partial charge on any atom is -0.393 e. The van der Waals surface area contributed by atoms with E-state index in [1.807, 2.05) is 0 Å². The average molecular weight is 486 g/mol. The van der Waals surface area contributed by atoms with E-state index in [0.717, 1.165) is 19.3 Å². The summed E-state index contributed by atoms with van der Waals surface area (Å²) in [5.41, 5.74) is 0.229. The van der Waals surface area contributed by atoms with Crippen LogP contribution in [-0.4, -0.2) is 42.4 Å². The number of carbonyl (C=O) groups is 1. The predicted molar refractivity (Wildman–Crippen MR) is 131 cm³/mol. The fourth-order valence-electron chi connectivity index (χ4n) is 7.96. The molecule has 0 bridgehead atoms. The first-order chi connectivity index (χ1) is 15.5. The van der Waals surface area contributed by atoms with Crippen molar-refractivity contribution < 1.29 is 22.9 Å². The molecular formula is C26H47NO5S. The summed E-state index contributed by atoms with van der Waals surface area (Å²) in [6.45, 7) is 7.10. The van der Waals surface area contributed by atoms with Crippen molar-refractivity contribution in [3.05, 3.63) is 0 Å². The van der Waals surface area contributed by atoms with Crippen molar-refractivity contribution in [1.29, 1.82) is 0 Å². The monoisotopic (exact) mass is 485 g/mol. The summed E-state index contributed by atoms with van der Waals surface area (Å²) in [5.74, 6) is 2.70. The van der Waals surface area contributed by atoms with Crippen LogP contribution in [0.5, 0.6) is 0 Å². The molecule has 0 spiro atoms. The lowest BCUT2D eigenvalue weighted by atomic mass is 9.53. The third-order valence-electron chi connectivity index (χ3n) is 9.74. The third kappa shape index (κ3) is 6.72. The molecule has 0 radical (unpaired) electrons. The van der Waals surface area contributed by atoms with Gasteiger partial charge in [-0.3, -0.25) is 9.35 Å². The highest BCUT2D eigenvalue weighted by Gasteiger charge is 2.56. The molecule has 3 rings (SSSR count). The van der Waals surface area contributed by atoms with Crippen molar-refractivity contribution in [1.82, 2.24) is 5.32 Å². The fraction of sp³-hybridized carbons (Fsp3) is 0.962. The zero-order valence-electron chi connectivity index (χ0n) is 21.0. The molecule has 3 N–H and O–H groups in total. The summed E-state index contributed by atoms with van der Waals surface area (Å²) in [5, 5.41) is 13.9. The Balaban J connectivity index is 1.62. The first kappa shape index (κ1) is 26.9. The number of hydrogen-bond acceptors (Lipinski definition) is 4. The highest BCUT2D eigenvalue weighted by atomic mass is 32.2. The Morgan fingerprint density at radius 2 is 1.79 bits per heavy atom. The van der Waals surface area contributed by atoms with E-state index in [1.165, 1.54) is 51.4 Å². The number of rotatable bonds is 7. The van der Waals surface area contributed by atoms with Gasteiger partial charge >= 0.3 is 0 Å². The lowest BCUT2D eigenvalue weighted by Crippen LogP contribution is -2.48. The van der Waals surface area contributed by atoms with E-state index in [-0.39, 0.29) is 24.0 Å². The molecule has 0 aromatic heterocycles. The lowest BCUT2D eigenvalue weighted by molar-refractivity contribution is -0.121. The van der Waals surface area contributed by atoms with Gasteiger partial charge in [-0.25, -0.2) is 0 Å². The standard InChI is InChI=1S/C26H47NO5S/c1-18-8-6-4-5-7-9-23(28)25-20(18)14-15-26(3)21(11-12-22(25)26)19(2)10-13-24(29)27-16-17-33(30,31)32/h18-23,25,28H,4-17H2,1-3H3,(H,27,29)(H,30,31,32)/t18?,19-,20?,21?,22?,23+,25?,26-/m1/s1. The molecule has 3 fully saturated rings. The van der Waals surface area contributed by atoms with E-state index in [4.69, 9.17) is 4.55 Å². The largest absolute Gasteiger partial charge is 0.393 e. The molecule has 0 heterocycles. The van der Waals surface area contributed by atoms with Gasteiger partial charge in [0.05, 0.1) is 11.9 Å². The molecule has 3 aliphatic rings. The molecule has 8 atom stereocenters. The number of nitrogens with one attached hydrogen (secondary N) is 1. The molecule has 1 amide bonds. The minimum absolute atomic E-state index is 0.0472. The molecule has 192 valence electrons. The fourth-order valence-corrected chi connectivity index (χ4v) is 8.32. The second-order valence-corrected chi connectivity index (χ2v) is 13.3. The van der Waals surface area contributed by atoms with Gasteiger partial charge in [0, 0.05) is 13.0 Å². The average Bonchev–Trinajstić information content (AvgIpc) is 3.09. The summed E-state index contributed by atoms with van der Waals surface area (Å²) in [6.07, 6.45) is 13.1. The maximum Gasteiger partial charge on any atom is 0.266 e. The molecule has 3 aliphatic carbocycles. The van der Waals surface area contributed by atoms with E-state index < -0.39 is 15.9 Å². The Hall–Kier alpha value is -0.660. The molecule has 0 aromatic carbocycles. The number of aliphatic hydroxyl groups is 1. The van der Waals surface area contributed by atoms with Gasteiger partial charge in [0.1, 0.15) is 0 Å². The van der Waals surface area contributed by atoms with Crippen molar-refractivity contribution in [2.45, 2.75) is 104 Å². The van der Waals surface area contributed by atoms with Gasteiger partial charge in [0.2, 0.25) is 5.91 Å². The summed E-state index contributed by atoms with van der Waals surface area (Å²) in [4.78, 5) is 12.2. The van der Waals surface area contributed by atoms with Crippen LogP contribution < -0.4 is 5.32 Å². The van der Waals surface area contributed by atoms with Crippen LogP contribution in [-0.2, 0) is 14.9 Å². The summed E-state index contributed by atoms with van der Waals surface area (Å²) in [6, 6.07) is 0. The smallest absolute Gasteiger partial charge is 0.266 e. The van der Waals surface area contributed by atoms with Crippen molar-refractivity contribution in [2.24, 2.45) is 40.9 Å². The number of aliphatic hydroxyl groups excluding tert-OH is 1. The first-order valence-corrected chi connectivity index (χ1v) is 15.0. The van der Waals surface area contributed by atoms with Crippen LogP contribution >= 0.6 is 0 Å². The Morgan fingerprint density at radius 1 is 1.09 bits per heavy atom. The molecule has 0 saturated heterocycles. The van der Waals surface area contributed by atoms with Crippen LogP contribution in [0.1, 0.15) is 97.8 Å². The lowest BCUT2D eigenvalue weighted by Gasteiger charge is -2.53. The first-order valence-electron chi connectivity index (χ1n) is 13.4. The molecule has 0 aliphatic heterocycles.